The maximum Gasteiger partial charge on any atom is 0.336 e. The number of benzene rings is 4. The van der Waals surface area contributed by atoms with Gasteiger partial charge in [0.1, 0.15) is 17.3 Å². The van der Waals surface area contributed by atoms with Crippen LogP contribution in [-0.4, -0.2) is 41.5 Å². The minimum Gasteiger partial charge on any atom is -0.497 e. The van der Waals surface area contributed by atoms with Crippen molar-refractivity contribution >= 4 is 11.6 Å². The number of ether oxygens (including phenoxy) is 3. The molecular weight excluding hydrogens is 511 g/mol. The van der Waals surface area contributed by atoms with Crippen LogP contribution in [-0.2, 0) is 6.42 Å². The van der Waals surface area contributed by atoms with Gasteiger partial charge in [-0.3, -0.25) is 4.79 Å². The molecule has 5 rings (SSSR count). The third-order valence-electron chi connectivity index (χ3n) is 6.21. The summed E-state index contributed by atoms with van der Waals surface area (Å²) in [6.07, 6.45) is 0.673. The van der Waals surface area contributed by atoms with Crippen LogP contribution in [0.25, 0.3) is 17.1 Å². The molecule has 0 radical (unpaired) electrons. The molecule has 4 aromatic carbocycles. The Morgan fingerprint density at radius 3 is 2.15 bits per heavy atom. The number of nitrogens with one attached hydrogen (secondary N) is 1. The number of methoxy groups -OCH3 is 2. The quantitative estimate of drug-likeness (QED) is 0.236. The van der Waals surface area contributed by atoms with E-state index in [2.05, 4.69) is 15.4 Å². The molecule has 0 atom stereocenters. The van der Waals surface area contributed by atoms with Crippen LogP contribution in [0.5, 0.6) is 17.5 Å². The van der Waals surface area contributed by atoms with Crippen LogP contribution < -0.4 is 19.5 Å². The summed E-state index contributed by atoms with van der Waals surface area (Å²) < 4.78 is 32.1. The van der Waals surface area contributed by atoms with E-state index in [-0.39, 0.29) is 11.6 Å². The second kappa shape index (κ2) is 12.1. The number of hydrogen-bond acceptors (Lipinski definition) is 6. The lowest BCUT2D eigenvalue weighted by Gasteiger charge is -2.09. The van der Waals surface area contributed by atoms with Crippen molar-refractivity contribution in [1.29, 1.82) is 0 Å². The van der Waals surface area contributed by atoms with E-state index in [9.17, 15) is 9.18 Å². The van der Waals surface area contributed by atoms with Crippen LogP contribution >= 0.6 is 0 Å². The molecule has 0 aliphatic heterocycles. The molecule has 0 aliphatic carbocycles. The molecule has 0 bridgehead atoms. The third kappa shape index (κ3) is 6.10. The van der Waals surface area contributed by atoms with E-state index in [1.165, 1.54) is 18.2 Å². The van der Waals surface area contributed by atoms with E-state index >= 15 is 0 Å². The number of rotatable bonds is 10. The van der Waals surface area contributed by atoms with E-state index in [1.807, 2.05) is 48.5 Å². The van der Waals surface area contributed by atoms with E-state index in [4.69, 9.17) is 14.2 Å². The van der Waals surface area contributed by atoms with E-state index in [0.29, 0.717) is 30.2 Å². The zero-order valence-corrected chi connectivity index (χ0v) is 22.0. The average molecular weight is 539 g/mol. The maximum atomic E-state index is 14.0. The van der Waals surface area contributed by atoms with Crippen LogP contribution in [0.1, 0.15) is 15.9 Å². The molecular formula is C31H27FN4O4. The molecule has 0 fully saturated rings. The summed E-state index contributed by atoms with van der Waals surface area (Å²) in [6.45, 7) is 0.388. The van der Waals surface area contributed by atoms with E-state index in [0.717, 1.165) is 22.6 Å². The van der Waals surface area contributed by atoms with Crippen molar-refractivity contribution < 1.29 is 23.4 Å². The molecule has 0 aliphatic rings. The van der Waals surface area contributed by atoms with Gasteiger partial charge in [-0.15, -0.1) is 5.10 Å². The fourth-order valence-electron chi connectivity index (χ4n) is 4.04. The largest absolute Gasteiger partial charge is 0.497 e. The second-order valence-corrected chi connectivity index (χ2v) is 8.79. The number of carbonyl (C=O) groups excluding carboxylic acids is 1. The van der Waals surface area contributed by atoms with Crippen molar-refractivity contribution in [1.82, 2.24) is 14.8 Å². The lowest BCUT2D eigenvalue weighted by atomic mass is 10.1. The highest BCUT2D eigenvalue weighted by Gasteiger charge is 2.16. The van der Waals surface area contributed by atoms with Crippen LogP contribution in [0.3, 0.4) is 0 Å². The molecule has 5 aromatic rings. The highest BCUT2D eigenvalue weighted by atomic mass is 19.1. The van der Waals surface area contributed by atoms with Crippen LogP contribution in [0, 0.1) is 5.82 Å². The number of carbonyl (C=O) groups is 1. The molecule has 8 nitrogen and oxygen atoms in total. The Bertz CT molecular complexity index is 1580. The standard InChI is InChI=1S/C31H27FN4O4/c1-38-25-15-7-21(8-16-25)19-20-40-31-34-29(22-9-17-26(39-2)18-10-22)36(35-31)24-13-11-23(12-14-24)33-30(37)27-5-3-4-6-28(27)32/h3-18H,19-20H2,1-2H3,(H,33,37). The highest BCUT2D eigenvalue weighted by Crippen LogP contribution is 2.26. The van der Waals surface area contributed by atoms with Crippen molar-refractivity contribution in [2.75, 3.05) is 26.1 Å². The summed E-state index contributed by atoms with van der Waals surface area (Å²) in [4.78, 5) is 17.2. The van der Waals surface area contributed by atoms with E-state index in [1.54, 1.807) is 49.2 Å². The fraction of sp³-hybridized carbons (Fsp3) is 0.129. The monoisotopic (exact) mass is 538 g/mol. The van der Waals surface area contributed by atoms with Gasteiger partial charge in [0.15, 0.2) is 5.82 Å². The highest BCUT2D eigenvalue weighted by molar-refractivity contribution is 6.04. The Labute approximate surface area is 231 Å². The van der Waals surface area contributed by atoms with Crippen molar-refractivity contribution in [2.45, 2.75) is 6.42 Å². The average Bonchev–Trinajstić information content (AvgIpc) is 3.42. The summed E-state index contributed by atoms with van der Waals surface area (Å²) in [7, 11) is 3.24. The topological polar surface area (TPSA) is 87.5 Å². The molecule has 1 aromatic heterocycles. The van der Waals surface area contributed by atoms with Gasteiger partial charge in [-0.1, -0.05) is 24.3 Å². The molecule has 202 valence electrons. The van der Waals surface area contributed by atoms with Crippen LogP contribution in [0.2, 0.25) is 0 Å². The van der Waals surface area contributed by atoms with Crippen LogP contribution in [0.15, 0.2) is 97.1 Å². The van der Waals surface area contributed by atoms with Gasteiger partial charge in [-0.25, -0.2) is 9.07 Å². The number of amides is 1. The molecule has 9 heteroatoms. The molecule has 1 amide bonds. The molecule has 1 heterocycles. The first kappa shape index (κ1) is 26.4. The zero-order chi connectivity index (χ0) is 27.9. The van der Waals surface area contributed by atoms with Gasteiger partial charge in [-0.05, 0) is 78.4 Å². The van der Waals surface area contributed by atoms with Crippen molar-refractivity contribution in [3.63, 3.8) is 0 Å². The Balaban J connectivity index is 1.36. The number of halogens is 1. The Morgan fingerprint density at radius 2 is 1.50 bits per heavy atom. The van der Waals surface area contributed by atoms with Gasteiger partial charge < -0.3 is 19.5 Å². The molecule has 0 unspecified atom stereocenters. The van der Waals surface area contributed by atoms with Crippen LogP contribution in [0.4, 0.5) is 10.1 Å². The van der Waals surface area contributed by atoms with Gasteiger partial charge in [0.05, 0.1) is 32.1 Å². The summed E-state index contributed by atoms with van der Waals surface area (Å²) in [5.74, 6) is 0.985. The number of nitrogens with zero attached hydrogens (tertiary/aromatic N) is 3. The maximum absolute atomic E-state index is 14.0. The Morgan fingerprint density at radius 1 is 0.850 bits per heavy atom. The summed E-state index contributed by atoms with van der Waals surface area (Å²) in [5.41, 5.74) is 3.10. The number of aromatic nitrogens is 3. The summed E-state index contributed by atoms with van der Waals surface area (Å²) >= 11 is 0. The zero-order valence-electron chi connectivity index (χ0n) is 22.0. The first-order chi connectivity index (χ1) is 19.5. The van der Waals surface area contributed by atoms with Gasteiger partial charge in [0.25, 0.3) is 5.91 Å². The van der Waals surface area contributed by atoms with Gasteiger partial charge in [-0.2, -0.15) is 4.98 Å². The smallest absolute Gasteiger partial charge is 0.336 e. The third-order valence-corrected chi connectivity index (χ3v) is 6.21. The van der Waals surface area contributed by atoms with Gasteiger partial charge in [0, 0.05) is 17.7 Å². The van der Waals surface area contributed by atoms with Gasteiger partial charge in [0.2, 0.25) is 0 Å². The summed E-state index contributed by atoms with van der Waals surface area (Å²) in [6, 6.07) is 28.4. The lowest BCUT2D eigenvalue weighted by molar-refractivity contribution is 0.102. The molecule has 1 N–H and O–H groups in total. The predicted molar refractivity (Wildman–Crippen MR) is 150 cm³/mol. The Kier molecular flexibility index (Phi) is 8.01. The Hall–Kier alpha value is -5.18. The van der Waals surface area contributed by atoms with Gasteiger partial charge >= 0.3 is 6.01 Å². The fourth-order valence-corrected chi connectivity index (χ4v) is 4.04. The van der Waals surface area contributed by atoms with Crippen molar-refractivity contribution in [3.8, 4) is 34.6 Å². The van der Waals surface area contributed by atoms with Crippen molar-refractivity contribution in [2.24, 2.45) is 0 Å². The molecule has 0 spiro atoms. The number of anilines is 1. The van der Waals surface area contributed by atoms with Crippen molar-refractivity contribution in [3.05, 3.63) is 114 Å². The predicted octanol–water partition coefficient (Wildman–Crippen LogP) is 5.96. The number of hydrogen-bond donors (Lipinski definition) is 1. The second-order valence-electron chi connectivity index (χ2n) is 8.79. The first-order valence-corrected chi connectivity index (χ1v) is 12.6. The summed E-state index contributed by atoms with van der Waals surface area (Å²) in [5, 5.41) is 7.32. The molecule has 40 heavy (non-hydrogen) atoms. The SMILES string of the molecule is COc1ccc(CCOc2nc(-c3ccc(OC)cc3)n(-c3ccc(NC(=O)c4ccccc4F)cc3)n2)cc1. The molecule has 0 saturated carbocycles. The first-order valence-electron chi connectivity index (χ1n) is 12.6. The van der Waals surface area contributed by atoms with E-state index < -0.39 is 11.7 Å². The minimum absolute atomic E-state index is 0.0268. The molecule has 0 saturated heterocycles. The normalized spacial score (nSPS) is 10.7. The lowest BCUT2D eigenvalue weighted by Crippen LogP contribution is -2.13. The minimum atomic E-state index is -0.581.